The lowest BCUT2D eigenvalue weighted by Gasteiger charge is -2.13. The van der Waals surface area contributed by atoms with E-state index in [4.69, 9.17) is 0 Å². The summed E-state index contributed by atoms with van der Waals surface area (Å²) in [7, 11) is 0. The summed E-state index contributed by atoms with van der Waals surface area (Å²) in [5.41, 5.74) is 2.76. The summed E-state index contributed by atoms with van der Waals surface area (Å²) in [4.78, 5) is 24.1. The number of halogens is 1. The second kappa shape index (κ2) is 8.50. The Balaban J connectivity index is 0.00000225. The van der Waals surface area contributed by atoms with Gasteiger partial charge in [0.05, 0.1) is 0 Å². The Morgan fingerprint density at radius 2 is 1.80 bits per heavy atom. The van der Waals surface area contributed by atoms with Gasteiger partial charge in [0.2, 0.25) is 0 Å². The van der Waals surface area contributed by atoms with E-state index in [-0.39, 0.29) is 30.0 Å². The van der Waals surface area contributed by atoms with E-state index in [2.05, 4.69) is 26.1 Å². The monoisotopic (exact) mass is 365 g/mol. The minimum absolute atomic E-state index is 0. The number of hydrogen-bond acceptors (Lipinski definition) is 5. The number of fused-ring (bicyclic) bond motifs is 1. The van der Waals surface area contributed by atoms with E-state index in [0.717, 1.165) is 24.2 Å². The summed E-state index contributed by atoms with van der Waals surface area (Å²) in [5.74, 6) is -0.406. The molecule has 2 amide bonds. The van der Waals surface area contributed by atoms with Gasteiger partial charge in [-0.2, -0.15) is 5.10 Å². The van der Waals surface area contributed by atoms with Crippen LogP contribution in [0, 0.1) is 0 Å². The number of aromatic hydroxyl groups is 1. The summed E-state index contributed by atoms with van der Waals surface area (Å²) in [6, 6.07) is 5.97. The van der Waals surface area contributed by atoms with Crippen LogP contribution in [0.5, 0.6) is 5.75 Å². The number of nitrogens with zero attached hydrogens (tertiary/aromatic N) is 1. The molecule has 3 rings (SSSR count). The average molecular weight is 366 g/mol. The number of benzene rings is 1. The molecule has 2 aromatic rings. The van der Waals surface area contributed by atoms with Crippen molar-refractivity contribution in [1.82, 2.24) is 26.1 Å². The van der Waals surface area contributed by atoms with Gasteiger partial charge in [0.1, 0.15) is 5.75 Å². The molecule has 25 heavy (non-hydrogen) atoms. The summed E-state index contributed by atoms with van der Waals surface area (Å²) in [6.07, 6.45) is 0.832. The molecule has 0 unspecified atom stereocenters. The fourth-order valence-corrected chi connectivity index (χ4v) is 2.56. The van der Waals surface area contributed by atoms with Gasteiger partial charge in [0.25, 0.3) is 11.8 Å². The van der Waals surface area contributed by atoms with E-state index in [1.165, 1.54) is 24.3 Å². The lowest BCUT2D eigenvalue weighted by Crippen LogP contribution is -2.35. The Hall–Kier alpha value is -2.58. The zero-order valence-electron chi connectivity index (χ0n) is 13.5. The number of rotatable bonds is 5. The van der Waals surface area contributed by atoms with Gasteiger partial charge in [-0.3, -0.25) is 14.7 Å². The Bertz CT molecular complexity index is 745. The Morgan fingerprint density at radius 1 is 1.12 bits per heavy atom. The Kier molecular flexibility index (Phi) is 6.37. The third-order valence-corrected chi connectivity index (χ3v) is 3.85. The van der Waals surface area contributed by atoms with E-state index in [9.17, 15) is 14.7 Å². The molecule has 1 aromatic carbocycles. The van der Waals surface area contributed by atoms with Gasteiger partial charge in [0, 0.05) is 49.4 Å². The van der Waals surface area contributed by atoms with E-state index < -0.39 is 0 Å². The van der Waals surface area contributed by atoms with Gasteiger partial charge in [-0.1, -0.05) is 0 Å². The highest BCUT2D eigenvalue weighted by Crippen LogP contribution is 2.14. The first-order valence-electron chi connectivity index (χ1n) is 7.77. The predicted octanol–water partition coefficient (Wildman–Crippen LogP) is 0.343. The largest absolute Gasteiger partial charge is 0.508 e. The molecule has 0 aliphatic carbocycles. The molecule has 0 bridgehead atoms. The van der Waals surface area contributed by atoms with Crippen LogP contribution in [0.1, 0.15) is 32.1 Å². The molecule has 0 saturated carbocycles. The summed E-state index contributed by atoms with van der Waals surface area (Å²) < 4.78 is 0. The number of carbonyl (C=O) groups is 2. The molecule has 0 radical (unpaired) electrons. The molecule has 5 N–H and O–H groups in total. The van der Waals surface area contributed by atoms with Gasteiger partial charge in [-0.25, -0.2) is 0 Å². The molecule has 134 valence electrons. The molecular formula is C16H20ClN5O3. The number of nitrogens with one attached hydrogen (secondary N) is 4. The van der Waals surface area contributed by atoms with Gasteiger partial charge < -0.3 is 21.1 Å². The standard InChI is InChI=1S/C16H19N5O3.ClH/c22-11-3-1-10(2-4-11)15(23)18-7-8-19-16(24)14-12-9-17-6-5-13(12)20-21-14;/h1-4,17,22H,5-9H2,(H,18,23)(H,19,24)(H,20,21);1H. The normalized spacial score (nSPS) is 12.6. The van der Waals surface area contributed by atoms with E-state index in [0.29, 0.717) is 30.9 Å². The second-order valence-corrected chi connectivity index (χ2v) is 5.51. The van der Waals surface area contributed by atoms with Crippen molar-refractivity contribution in [2.75, 3.05) is 19.6 Å². The molecule has 1 aliphatic rings. The van der Waals surface area contributed by atoms with Crippen molar-refractivity contribution in [2.24, 2.45) is 0 Å². The number of aromatic nitrogens is 2. The molecular weight excluding hydrogens is 346 g/mol. The molecule has 1 aromatic heterocycles. The number of aromatic amines is 1. The Labute approximate surface area is 150 Å². The third kappa shape index (κ3) is 4.49. The summed E-state index contributed by atoms with van der Waals surface area (Å²) in [6.45, 7) is 2.11. The molecule has 0 fully saturated rings. The number of hydrogen-bond donors (Lipinski definition) is 5. The highest BCUT2D eigenvalue weighted by Gasteiger charge is 2.21. The zero-order chi connectivity index (χ0) is 16.9. The van der Waals surface area contributed by atoms with Crippen LogP contribution >= 0.6 is 12.4 Å². The first kappa shape index (κ1) is 18.8. The van der Waals surface area contributed by atoms with E-state index in [1.54, 1.807) is 0 Å². The van der Waals surface area contributed by atoms with Gasteiger partial charge in [-0.05, 0) is 24.3 Å². The van der Waals surface area contributed by atoms with E-state index in [1.807, 2.05) is 0 Å². The van der Waals surface area contributed by atoms with Crippen LogP contribution in [-0.2, 0) is 13.0 Å². The first-order valence-corrected chi connectivity index (χ1v) is 7.77. The summed E-state index contributed by atoms with van der Waals surface area (Å²) >= 11 is 0. The van der Waals surface area contributed by atoms with Crippen LogP contribution in [0.3, 0.4) is 0 Å². The number of carbonyl (C=O) groups excluding carboxylic acids is 2. The van der Waals surface area contributed by atoms with Crippen LogP contribution < -0.4 is 16.0 Å². The van der Waals surface area contributed by atoms with Crippen molar-refractivity contribution in [1.29, 1.82) is 0 Å². The van der Waals surface area contributed by atoms with Gasteiger partial charge in [0.15, 0.2) is 5.69 Å². The third-order valence-electron chi connectivity index (χ3n) is 3.85. The maximum Gasteiger partial charge on any atom is 0.272 e. The highest BCUT2D eigenvalue weighted by atomic mass is 35.5. The molecule has 8 nitrogen and oxygen atoms in total. The molecule has 1 aliphatic heterocycles. The second-order valence-electron chi connectivity index (χ2n) is 5.51. The van der Waals surface area contributed by atoms with Crippen molar-refractivity contribution in [3.8, 4) is 5.75 Å². The smallest absolute Gasteiger partial charge is 0.272 e. The van der Waals surface area contributed by atoms with Crippen molar-refractivity contribution in [2.45, 2.75) is 13.0 Å². The van der Waals surface area contributed by atoms with Crippen LogP contribution in [0.2, 0.25) is 0 Å². The molecule has 9 heteroatoms. The van der Waals surface area contributed by atoms with Crippen LogP contribution in [0.25, 0.3) is 0 Å². The van der Waals surface area contributed by atoms with Crippen LogP contribution in [0.15, 0.2) is 24.3 Å². The van der Waals surface area contributed by atoms with E-state index >= 15 is 0 Å². The molecule has 0 saturated heterocycles. The predicted molar refractivity (Wildman–Crippen MR) is 94.0 cm³/mol. The van der Waals surface area contributed by atoms with Gasteiger partial charge in [-0.15, -0.1) is 12.4 Å². The number of amides is 2. The van der Waals surface area contributed by atoms with Crippen LogP contribution in [-0.4, -0.2) is 46.8 Å². The molecule has 2 heterocycles. The highest BCUT2D eigenvalue weighted by molar-refractivity contribution is 5.95. The van der Waals surface area contributed by atoms with Crippen molar-refractivity contribution < 1.29 is 14.7 Å². The quantitative estimate of drug-likeness (QED) is 0.490. The van der Waals surface area contributed by atoms with Crippen molar-refractivity contribution in [3.05, 3.63) is 46.8 Å². The molecule has 0 atom stereocenters. The lowest BCUT2D eigenvalue weighted by atomic mass is 10.1. The zero-order valence-corrected chi connectivity index (χ0v) is 14.3. The number of phenolic OH excluding ortho intramolecular Hbond substituents is 1. The first-order chi connectivity index (χ1) is 11.6. The van der Waals surface area contributed by atoms with Gasteiger partial charge >= 0.3 is 0 Å². The van der Waals surface area contributed by atoms with Crippen molar-refractivity contribution >= 4 is 24.2 Å². The summed E-state index contributed by atoms with van der Waals surface area (Å²) in [5, 5.41) is 24.8. The lowest BCUT2D eigenvalue weighted by molar-refractivity contribution is 0.0924. The minimum Gasteiger partial charge on any atom is -0.508 e. The molecule has 0 spiro atoms. The SMILES string of the molecule is Cl.O=C(NCCNC(=O)c1n[nH]c2c1CNCC2)c1ccc(O)cc1. The maximum absolute atomic E-state index is 12.2. The maximum atomic E-state index is 12.2. The minimum atomic E-state index is -0.259. The average Bonchev–Trinajstić information content (AvgIpc) is 3.03. The Morgan fingerprint density at radius 3 is 2.52 bits per heavy atom. The topological polar surface area (TPSA) is 119 Å². The fourth-order valence-electron chi connectivity index (χ4n) is 2.56. The number of phenols is 1. The fraction of sp³-hybridized carbons (Fsp3) is 0.312. The van der Waals surface area contributed by atoms with Crippen LogP contribution in [0.4, 0.5) is 0 Å². The van der Waals surface area contributed by atoms with Crippen molar-refractivity contribution in [3.63, 3.8) is 0 Å². The number of H-pyrrole nitrogens is 1.